The van der Waals surface area contributed by atoms with Crippen molar-refractivity contribution >= 4 is 11.6 Å². The number of nitrogens with two attached hydrogens (primary N) is 1. The molecule has 6 nitrogen and oxygen atoms in total. The van der Waals surface area contributed by atoms with E-state index in [1.807, 2.05) is 12.1 Å². The van der Waals surface area contributed by atoms with Crippen molar-refractivity contribution in [2.75, 3.05) is 12.8 Å². The first-order valence-corrected chi connectivity index (χ1v) is 6.05. The van der Waals surface area contributed by atoms with Gasteiger partial charge in [0.25, 0.3) is 5.91 Å². The van der Waals surface area contributed by atoms with Crippen LogP contribution in [0.3, 0.4) is 0 Å². The number of amides is 1. The Morgan fingerprint density at radius 1 is 1.45 bits per heavy atom. The van der Waals surface area contributed by atoms with Gasteiger partial charge >= 0.3 is 0 Å². The number of carbonyl (C=O) groups is 1. The molecule has 2 rings (SSSR count). The van der Waals surface area contributed by atoms with Gasteiger partial charge in [0.15, 0.2) is 0 Å². The van der Waals surface area contributed by atoms with Gasteiger partial charge in [-0.1, -0.05) is 12.1 Å². The molecule has 0 spiro atoms. The summed E-state index contributed by atoms with van der Waals surface area (Å²) < 4.78 is 1.47. The predicted molar refractivity (Wildman–Crippen MR) is 74.6 cm³/mol. The molecule has 0 saturated heterocycles. The summed E-state index contributed by atoms with van der Waals surface area (Å²) in [5.74, 6) is -0.188. The van der Waals surface area contributed by atoms with Gasteiger partial charge in [0.1, 0.15) is 5.69 Å². The van der Waals surface area contributed by atoms with Crippen molar-refractivity contribution in [3.8, 4) is 6.07 Å². The molecule has 0 atom stereocenters. The average Bonchev–Trinajstić information content (AvgIpc) is 2.78. The van der Waals surface area contributed by atoms with E-state index < -0.39 is 0 Å². The molecule has 6 heteroatoms. The Morgan fingerprint density at radius 3 is 2.60 bits per heavy atom. The first-order chi connectivity index (χ1) is 9.52. The van der Waals surface area contributed by atoms with Crippen LogP contribution in [0.1, 0.15) is 21.6 Å². The van der Waals surface area contributed by atoms with Gasteiger partial charge in [-0.2, -0.15) is 10.4 Å². The van der Waals surface area contributed by atoms with E-state index in [2.05, 4.69) is 11.2 Å². The maximum absolute atomic E-state index is 12.3. The summed E-state index contributed by atoms with van der Waals surface area (Å²) in [6.07, 6.45) is 1.46. The number of rotatable bonds is 3. The van der Waals surface area contributed by atoms with Crippen molar-refractivity contribution in [2.45, 2.75) is 6.54 Å². The second-order valence-electron chi connectivity index (χ2n) is 4.54. The Bertz CT molecular complexity index is 646. The Hall–Kier alpha value is -2.81. The topological polar surface area (TPSA) is 87.9 Å². The lowest BCUT2D eigenvalue weighted by atomic mass is 10.1. The van der Waals surface area contributed by atoms with Crippen molar-refractivity contribution in [2.24, 2.45) is 7.05 Å². The molecule has 20 heavy (non-hydrogen) atoms. The lowest BCUT2D eigenvalue weighted by molar-refractivity contribution is 0.0775. The summed E-state index contributed by atoms with van der Waals surface area (Å²) in [6, 6.07) is 9.17. The maximum Gasteiger partial charge on any atom is 0.274 e. The third kappa shape index (κ3) is 2.62. The zero-order valence-electron chi connectivity index (χ0n) is 11.4. The van der Waals surface area contributed by atoms with Crippen LogP contribution in [0.4, 0.5) is 5.69 Å². The molecule has 0 aliphatic heterocycles. The second-order valence-corrected chi connectivity index (χ2v) is 4.54. The van der Waals surface area contributed by atoms with Crippen LogP contribution in [0.5, 0.6) is 0 Å². The number of nitriles is 1. The van der Waals surface area contributed by atoms with Crippen molar-refractivity contribution < 1.29 is 4.79 Å². The molecular formula is C14H15N5O. The normalized spacial score (nSPS) is 10.1. The number of aryl methyl sites for hydroxylation is 1. The van der Waals surface area contributed by atoms with Gasteiger partial charge in [0.05, 0.1) is 23.5 Å². The highest BCUT2D eigenvalue weighted by molar-refractivity contribution is 5.97. The van der Waals surface area contributed by atoms with Crippen molar-refractivity contribution in [3.63, 3.8) is 0 Å². The average molecular weight is 269 g/mol. The number of aromatic nitrogens is 2. The molecule has 2 aromatic rings. The number of nitrogens with zero attached hydrogens (tertiary/aromatic N) is 4. The van der Waals surface area contributed by atoms with Crippen LogP contribution in [0, 0.1) is 11.3 Å². The Balaban J connectivity index is 2.13. The molecule has 0 unspecified atom stereocenters. The van der Waals surface area contributed by atoms with Gasteiger partial charge in [-0.15, -0.1) is 0 Å². The number of carbonyl (C=O) groups excluding carboxylic acids is 1. The molecule has 0 aliphatic carbocycles. The minimum Gasteiger partial charge on any atom is -0.396 e. The summed E-state index contributed by atoms with van der Waals surface area (Å²) in [5, 5.41) is 12.7. The number of anilines is 1. The number of hydrogen-bond donors (Lipinski definition) is 1. The highest BCUT2D eigenvalue weighted by Crippen LogP contribution is 2.14. The SMILES string of the molecule is CN(Cc1ccc(C#N)cc1)C(=O)c1c(N)cnn1C. The Morgan fingerprint density at radius 2 is 2.10 bits per heavy atom. The van der Waals surface area contributed by atoms with Crippen molar-refractivity contribution in [1.29, 1.82) is 5.26 Å². The van der Waals surface area contributed by atoms with Crippen LogP contribution in [-0.2, 0) is 13.6 Å². The minimum atomic E-state index is -0.188. The lowest BCUT2D eigenvalue weighted by Gasteiger charge is -2.17. The van der Waals surface area contributed by atoms with Gasteiger partial charge in [0.2, 0.25) is 0 Å². The molecule has 1 amide bonds. The molecule has 1 aromatic heterocycles. The van der Waals surface area contributed by atoms with Gasteiger partial charge in [-0.3, -0.25) is 9.48 Å². The standard InChI is InChI=1S/C14H15N5O/c1-18(9-11-5-3-10(7-15)4-6-11)14(20)13-12(16)8-17-19(13)2/h3-6,8H,9,16H2,1-2H3. The molecule has 1 aromatic carbocycles. The van der Waals surface area contributed by atoms with E-state index in [0.717, 1.165) is 5.56 Å². The third-order valence-electron chi connectivity index (χ3n) is 3.02. The van der Waals surface area contributed by atoms with E-state index in [4.69, 9.17) is 11.0 Å². The van der Waals surface area contributed by atoms with Gasteiger partial charge < -0.3 is 10.6 Å². The zero-order chi connectivity index (χ0) is 14.7. The van der Waals surface area contributed by atoms with Crippen LogP contribution >= 0.6 is 0 Å². The molecule has 0 fully saturated rings. The number of hydrogen-bond acceptors (Lipinski definition) is 4. The molecule has 0 radical (unpaired) electrons. The van der Waals surface area contributed by atoms with E-state index in [1.165, 1.54) is 10.9 Å². The monoisotopic (exact) mass is 269 g/mol. The number of nitrogen functional groups attached to an aromatic ring is 1. The third-order valence-corrected chi connectivity index (χ3v) is 3.02. The summed E-state index contributed by atoms with van der Waals surface area (Å²) in [4.78, 5) is 13.9. The largest absolute Gasteiger partial charge is 0.396 e. The van der Waals surface area contributed by atoms with Crippen molar-refractivity contribution in [3.05, 3.63) is 47.3 Å². The van der Waals surface area contributed by atoms with E-state index >= 15 is 0 Å². The maximum atomic E-state index is 12.3. The second kappa shape index (κ2) is 5.45. The smallest absolute Gasteiger partial charge is 0.274 e. The first kappa shape index (κ1) is 13.6. The highest BCUT2D eigenvalue weighted by atomic mass is 16.2. The summed E-state index contributed by atoms with van der Waals surface area (Å²) in [7, 11) is 3.38. The minimum absolute atomic E-state index is 0.188. The lowest BCUT2D eigenvalue weighted by Crippen LogP contribution is -2.28. The van der Waals surface area contributed by atoms with E-state index in [1.54, 1.807) is 31.1 Å². The van der Waals surface area contributed by atoms with Gasteiger partial charge in [-0.05, 0) is 17.7 Å². The summed E-state index contributed by atoms with van der Waals surface area (Å²) in [5.41, 5.74) is 8.03. The molecule has 0 aliphatic rings. The fourth-order valence-electron chi connectivity index (χ4n) is 1.93. The first-order valence-electron chi connectivity index (χ1n) is 6.05. The number of benzene rings is 1. The van der Waals surface area contributed by atoms with Crippen LogP contribution < -0.4 is 5.73 Å². The fraction of sp³-hybridized carbons (Fsp3) is 0.214. The Labute approximate surface area is 117 Å². The van der Waals surface area contributed by atoms with Gasteiger partial charge in [-0.25, -0.2) is 0 Å². The predicted octanol–water partition coefficient (Wildman–Crippen LogP) is 1.15. The molecule has 102 valence electrons. The van der Waals surface area contributed by atoms with Crippen LogP contribution in [-0.4, -0.2) is 27.6 Å². The van der Waals surface area contributed by atoms with E-state index in [-0.39, 0.29) is 5.91 Å². The Kier molecular flexibility index (Phi) is 3.71. The van der Waals surface area contributed by atoms with Crippen molar-refractivity contribution in [1.82, 2.24) is 14.7 Å². The summed E-state index contributed by atoms with van der Waals surface area (Å²) in [6.45, 7) is 0.440. The zero-order valence-corrected chi connectivity index (χ0v) is 11.4. The van der Waals surface area contributed by atoms with Crippen LogP contribution in [0.15, 0.2) is 30.5 Å². The van der Waals surface area contributed by atoms with Crippen LogP contribution in [0.25, 0.3) is 0 Å². The van der Waals surface area contributed by atoms with E-state index in [0.29, 0.717) is 23.5 Å². The quantitative estimate of drug-likeness (QED) is 0.905. The molecular weight excluding hydrogens is 254 g/mol. The molecule has 0 saturated carbocycles. The van der Waals surface area contributed by atoms with E-state index in [9.17, 15) is 4.79 Å². The highest BCUT2D eigenvalue weighted by Gasteiger charge is 2.19. The molecule has 2 N–H and O–H groups in total. The molecule has 0 bridgehead atoms. The summed E-state index contributed by atoms with van der Waals surface area (Å²) >= 11 is 0. The fourth-order valence-corrected chi connectivity index (χ4v) is 1.93. The molecule has 1 heterocycles. The van der Waals surface area contributed by atoms with Gasteiger partial charge in [0, 0.05) is 20.6 Å². The van der Waals surface area contributed by atoms with Crippen LogP contribution in [0.2, 0.25) is 0 Å².